The van der Waals surface area contributed by atoms with Gasteiger partial charge in [0, 0.05) is 27.5 Å². The third kappa shape index (κ3) is 4.47. The first-order valence-corrected chi connectivity index (χ1v) is 9.67. The van der Waals surface area contributed by atoms with Gasteiger partial charge in [0.25, 0.3) is 0 Å². The first-order chi connectivity index (χ1) is 11.8. The highest BCUT2D eigenvalue weighted by Gasteiger charge is 2.08. The maximum atomic E-state index is 5.90. The average Bonchev–Trinajstić information content (AvgIpc) is 3.09. The number of hydrogen-bond acceptors (Lipinski definition) is 5. The van der Waals surface area contributed by atoms with E-state index in [1.165, 1.54) is 4.90 Å². The van der Waals surface area contributed by atoms with Crippen LogP contribution in [0.3, 0.4) is 0 Å². The van der Waals surface area contributed by atoms with Crippen molar-refractivity contribution in [3.8, 4) is 11.4 Å². The molecule has 2 aromatic carbocycles. The van der Waals surface area contributed by atoms with Crippen LogP contribution >= 0.6 is 35.1 Å². The predicted octanol–water partition coefficient (Wildman–Crippen LogP) is 4.81. The van der Waals surface area contributed by atoms with Gasteiger partial charge in [0.1, 0.15) is 12.1 Å². The molecule has 0 amide bonds. The molecule has 3 rings (SSSR count). The summed E-state index contributed by atoms with van der Waals surface area (Å²) in [6.07, 6.45) is 1.73. The van der Waals surface area contributed by atoms with E-state index in [4.69, 9.17) is 16.3 Å². The van der Waals surface area contributed by atoms with Crippen molar-refractivity contribution in [2.45, 2.75) is 10.1 Å². The highest BCUT2D eigenvalue weighted by Crippen LogP contribution is 2.25. The van der Waals surface area contributed by atoms with E-state index in [2.05, 4.69) is 10.2 Å². The lowest BCUT2D eigenvalue weighted by atomic mass is 10.3. The maximum Gasteiger partial charge on any atom is 0.195 e. The Hall–Kier alpha value is -1.63. The van der Waals surface area contributed by atoms with Gasteiger partial charge in [0.2, 0.25) is 0 Å². The van der Waals surface area contributed by atoms with Crippen molar-refractivity contribution in [3.05, 3.63) is 59.9 Å². The van der Waals surface area contributed by atoms with Gasteiger partial charge in [0.05, 0.1) is 12.8 Å². The van der Waals surface area contributed by atoms with E-state index in [1.54, 1.807) is 37.0 Å². The van der Waals surface area contributed by atoms with Crippen molar-refractivity contribution in [2.75, 3.05) is 18.6 Å². The van der Waals surface area contributed by atoms with Gasteiger partial charge in [-0.3, -0.25) is 4.57 Å². The van der Waals surface area contributed by atoms with Gasteiger partial charge in [0.15, 0.2) is 5.16 Å². The highest BCUT2D eigenvalue weighted by molar-refractivity contribution is 8.02. The second kappa shape index (κ2) is 8.46. The van der Waals surface area contributed by atoms with Crippen LogP contribution in [0.1, 0.15) is 0 Å². The molecule has 124 valence electrons. The van der Waals surface area contributed by atoms with E-state index in [-0.39, 0.29) is 0 Å². The van der Waals surface area contributed by atoms with Gasteiger partial charge in [-0.2, -0.15) is 0 Å². The third-order valence-corrected chi connectivity index (χ3v) is 5.71. The Morgan fingerprint density at radius 1 is 1.08 bits per heavy atom. The van der Waals surface area contributed by atoms with Gasteiger partial charge >= 0.3 is 0 Å². The molecule has 0 N–H and O–H groups in total. The predicted molar refractivity (Wildman–Crippen MR) is 101 cm³/mol. The van der Waals surface area contributed by atoms with Gasteiger partial charge in [-0.1, -0.05) is 29.4 Å². The SMILES string of the molecule is COc1cccc(-n2cnnc2SCCSc2ccc(Cl)cc2)c1. The minimum atomic E-state index is 0.764. The van der Waals surface area contributed by atoms with Crippen molar-refractivity contribution in [1.29, 1.82) is 0 Å². The van der Waals surface area contributed by atoms with Crippen LogP contribution in [0.2, 0.25) is 5.02 Å². The molecule has 3 aromatic rings. The molecule has 0 radical (unpaired) electrons. The third-order valence-electron chi connectivity index (χ3n) is 3.24. The molecule has 24 heavy (non-hydrogen) atoms. The fourth-order valence-corrected chi connectivity index (χ4v) is 4.02. The molecule has 0 aliphatic rings. The van der Waals surface area contributed by atoms with E-state index >= 15 is 0 Å². The van der Waals surface area contributed by atoms with Crippen LogP contribution in [0.5, 0.6) is 5.75 Å². The Bertz CT molecular complexity index is 793. The van der Waals surface area contributed by atoms with Crippen molar-refractivity contribution >= 4 is 35.1 Å². The minimum absolute atomic E-state index is 0.764. The van der Waals surface area contributed by atoms with Crippen molar-refractivity contribution in [1.82, 2.24) is 14.8 Å². The Morgan fingerprint density at radius 3 is 2.67 bits per heavy atom. The Balaban J connectivity index is 1.58. The lowest BCUT2D eigenvalue weighted by Gasteiger charge is -2.08. The number of rotatable bonds is 7. The number of halogens is 1. The fraction of sp³-hybridized carbons (Fsp3) is 0.176. The second-order valence-electron chi connectivity index (χ2n) is 4.84. The molecular formula is C17H16ClN3OS2. The van der Waals surface area contributed by atoms with E-state index in [9.17, 15) is 0 Å². The molecule has 0 atom stereocenters. The standard InChI is InChI=1S/C17H16ClN3OS2/c1-22-15-4-2-3-14(11-15)21-12-19-20-17(21)24-10-9-23-16-7-5-13(18)6-8-16/h2-8,11-12H,9-10H2,1H3. The molecular weight excluding hydrogens is 362 g/mol. The second-order valence-corrected chi connectivity index (χ2v) is 7.50. The number of hydrogen-bond donors (Lipinski definition) is 0. The molecule has 0 saturated heterocycles. The summed E-state index contributed by atoms with van der Waals surface area (Å²) in [6, 6.07) is 15.8. The molecule has 0 saturated carbocycles. The normalized spacial score (nSPS) is 10.8. The minimum Gasteiger partial charge on any atom is -0.497 e. The Morgan fingerprint density at radius 2 is 1.88 bits per heavy atom. The van der Waals surface area contributed by atoms with E-state index in [0.717, 1.165) is 33.1 Å². The van der Waals surface area contributed by atoms with Crippen molar-refractivity contribution in [3.63, 3.8) is 0 Å². The zero-order valence-electron chi connectivity index (χ0n) is 13.1. The summed E-state index contributed by atoms with van der Waals surface area (Å²) in [5, 5.41) is 9.88. The Kier molecular flexibility index (Phi) is 6.07. The Labute approximate surface area is 154 Å². The smallest absolute Gasteiger partial charge is 0.195 e. The largest absolute Gasteiger partial charge is 0.497 e. The van der Waals surface area contributed by atoms with Gasteiger partial charge in [-0.25, -0.2) is 0 Å². The molecule has 0 bridgehead atoms. The van der Waals surface area contributed by atoms with Crippen LogP contribution in [0, 0.1) is 0 Å². The summed E-state index contributed by atoms with van der Waals surface area (Å²) < 4.78 is 7.25. The summed E-state index contributed by atoms with van der Waals surface area (Å²) in [7, 11) is 1.66. The van der Waals surface area contributed by atoms with Crippen LogP contribution in [0.25, 0.3) is 5.69 Å². The number of aromatic nitrogens is 3. The number of methoxy groups -OCH3 is 1. The summed E-state index contributed by atoms with van der Waals surface area (Å²) in [5.41, 5.74) is 0.993. The molecule has 0 unspecified atom stereocenters. The molecule has 0 fully saturated rings. The molecule has 1 aromatic heterocycles. The first kappa shape index (κ1) is 17.2. The van der Waals surface area contributed by atoms with Crippen LogP contribution in [0.15, 0.2) is 64.9 Å². The topological polar surface area (TPSA) is 39.9 Å². The average molecular weight is 378 g/mol. The molecule has 0 aliphatic heterocycles. The number of thioether (sulfide) groups is 2. The van der Waals surface area contributed by atoms with E-state index < -0.39 is 0 Å². The summed E-state index contributed by atoms with van der Waals surface area (Å²) >= 11 is 9.39. The molecule has 7 heteroatoms. The van der Waals surface area contributed by atoms with E-state index in [1.807, 2.05) is 53.1 Å². The van der Waals surface area contributed by atoms with Gasteiger partial charge in [-0.15, -0.1) is 22.0 Å². The lowest BCUT2D eigenvalue weighted by Crippen LogP contribution is -1.97. The van der Waals surface area contributed by atoms with Crippen LogP contribution < -0.4 is 4.74 Å². The van der Waals surface area contributed by atoms with E-state index in [0.29, 0.717) is 0 Å². The monoisotopic (exact) mass is 377 g/mol. The first-order valence-electron chi connectivity index (χ1n) is 7.32. The molecule has 0 spiro atoms. The van der Waals surface area contributed by atoms with Crippen molar-refractivity contribution < 1.29 is 4.74 Å². The number of nitrogens with zero attached hydrogens (tertiary/aromatic N) is 3. The summed E-state index contributed by atoms with van der Waals surface area (Å²) in [5.74, 6) is 2.74. The maximum absolute atomic E-state index is 5.90. The molecule has 0 aliphatic carbocycles. The van der Waals surface area contributed by atoms with Gasteiger partial charge in [-0.05, 0) is 36.4 Å². The van der Waals surface area contributed by atoms with Crippen LogP contribution in [0.4, 0.5) is 0 Å². The van der Waals surface area contributed by atoms with Crippen molar-refractivity contribution in [2.24, 2.45) is 0 Å². The summed E-state index contributed by atoms with van der Waals surface area (Å²) in [6.45, 7) is 0. The highest BCUT2D eigenvalue weighted by atomic mass is 35.5. The zero-order valence-corrected chi connectivity index (χ0v) is 15.4. The zero-order chi connectivity index (χ0) is 16.8. The molecule has 4 nitrogen and oxygen atoms in total. The van der Waals surface area contributed by atoms with Crippen LogP contribution in [-0.2, 0) is 0 Å². The lowest BCUT2D eigenvalue weighted by molar-refractivity contribution is 0.414. The number of ether oxygens (including phenoxy) is 1. The van der Waals surface area contributed by atoms with Crippen LogP contribution in [-0.4, -0.2) is 33.4 Å². The quantitative estimate of drug-likeness (QED) is 0.436. The number of benzene rings is 2. The summed E-state index contributed by atoms with van der Waals surface area (Å²) in [4.78, 5) is 1.22. The van der Waals surface area contributed by atoms with Gasteiger partial charge < -0.3 is 4.74 Å². The molecule has 1 heterocycles. The fourth-order valence-electron chi connectivity index (χ4n) is 2.08.